The molecule has 1 aromatic heterocycles. The number of hydrogen-bond donors (Lipinski definition) is 2. The number of carboxylic acids is 1. The summed E-state index contributed by atoms with van der Waals surface area (Å²) in [5.41, 5.74) is 0. The van der Waals surface area contributed by atoms with Gasteiger partial charge in [0.05, 0.1) is 0 Å². The van der Waals surface area contributed by atoms with E-state index in [9.17, 15) is 4.79 Å². The van der Waals surface area contributed by atoms with Gasteiger partial charge in [-0.15, -0.1) is 11.3 Å². The van der Waals surface area contributed by atoms with Crippen molar-refractivity contribution >= 4 is 17.3 Å². The van der Waals surface area contributed by atoms with E-state index < -0.39 is 12.0 Å². The maximum Gasteiger partial charge on any atom is 0.320 e. The van der Waals surface area contributed by atoms with Crippen molar-refractivity contribution in [1.82, 2.24) is 5.32 Å². The molecule has 0 aromatic carbocycles. The first-order chi connectivity index (χ1) is 5.70. The van der Waals surface area contributed by atoms with Crippen LogP contribution < -0.4 is 5.32 Å². The van der Waals surface area contributed by atoms with Crippen molar-refractivity contribution in [2.45, 2.75) is 19.5 Å². The van der Waals surface area contributed by atoms with Crippen molar-refractivity contribution in [3.05, 3.63) is 22.4 Å². The summed E-state index contributed by atoms with van der Waals surface area (Å²) < 4.78 is 0. The summed E-state index contributed by atoms with van der Waals surface area (Å²) in [6.07, 6.45) is 0. The van der Waals surface area contributed by atoms with Crippen LogP contribution in [0.15, 0.2) is 17.5 Å². The highest BCUT2D eigenvalue weighted by molar-refractivity contribution is 7.09. The van der Waals surface area contributed by atoms with Crippen LogP contribution in [-0.4, -0.2) is 17.1 Å². The Kier molecular flexibility index (Phi) is 3.25. The van der Waals surface area contributed by atoms with E-state index >= 15 is 0 Å². The average molecular weight is 185 g/mol. The summed E-state index contributed by atoms with van der Waals surface area (Å²) in [6.45, 7) is 2.26. The fraction of sp³-hybridized carbons (Fsp3) is 0.375. The summed E-state index contributed by atoms with van der Waals surface area (Å²) in [5, 5.41) is 13.4. The Hall–Kier alpha value is -0.870. The number of carbonyl (C=O) groups is 1. The number of nitrogens with one attached hydrogen (secondary N) is 1. The van der Waals surface area contributed by atoms with Crippen LogP contribution in [0.3, 0.4) is 0 Å². The van der Waals surface area contributed by atoms with E-state index in [0.29, 0.717) is 6.54 Å². The number of hydrogen-bond acceptors (Lipinski definition) is 3. The van der Waals surface area contributed by atoms with Gasteiger partial charge in [-0.05, 0) is 18.4 Å². The number of thiophene rings is 1. The third-order valence-corrected chi connectivity index (χ3v) is 2.41. The Morgan fingerprint density at radius 1 is 1.83 bits per heavy atom. The van der Waals surface area contributed by atoms with Crippen molar-refractivity contribution in [3.63, 3.8) is 0 Å². The average Bonchev–Trinajstić information content (AvgIpc) is 2.51. The van der Waals surface area contributed by atoms with Gasteiger partial charge in [0.25, 0.3) is 0 Å². The van der Waals surface area contributed by atoms with E-state index in [0.717, 1.165) is 4.88 Å². The van der Waals surface area contributed by atoms with Crippen LogP contribution in [0.4, 0.5) is 0 Å². The van der Waals surface area contributed by atoms with Gasteiger partial charge in [0.1, 0.15) is 6.04 Å². The molecule has 0 aliphatic rings. The van der Waals surface area contributed by atoms with Gasteiger partial charge in [0.15, 0.2) is 0 Å². The van der Waals surface area contributed by atoms with Gasteiger partial charge in [-0.1, -0.05) is 6.07 Å². The third-order valence-electron chi connectivity index (χ3n) is 1.53. The molecular formula is C8H11NO2S. The van der Waals surface area contributed by atoms with Crippen LogP contribution in [0.2, 0.25) is 0 Å². The molecule has 1 unspecified atom stereocenters. The second-order valence-corrected chi connectivity index (χ2v) is 3.55. The van der Waals surface area contributed by atoms with Gasteiger partial charge in [0.2, 0.25) is 0 Å². The molecule has 12 heavy (non-hydrogen) atoms. The first-order valence-corrected chi connectivity index (χ1v) is 4.56. The zero-order valence-electron chi connectivity index (χ0n) is 6.78. The minimum absolute atomic E-state index is 0.480. The summed E-state index contributed by atoms with van der Waals surface area (Å²) in [4.78, 5) is 11.6. The van der Waals surface area contributed by atoms with Crippen LogP contribution in [0, 0.1) is 0 Å². The molecule has 0 saturated carbocycles. The SMILES string of the molecule is CC(NCc1cccs1)C(=O)O. The molecule has 0 bridgehead atoms. The molecule has 1 heterocycles. The van der Waals surface area contributed by atoms with Crippen LogP contribution >= 0.6 is 11.3 Å². The van der Waals surface area contributed by atoms with E-state index in [1.807, 2.05) is 17.5 Å². The van der Waals surface area contributed by atoms with Crippen molar-refractivity contribution in [3.8, 4) is 0 Å². The Bertz CT molecular complexity index is 246. The highest BCUT2D eigenvalue weighted by Crippen LogP contribution is 2.07. The van der Waals surface area contributed by atoms with Gasteiger partial charge in [-0.2, -0.15) is 0 Å². The summed E-state index contributed by atoms with van der Waals surface area (Å²) in [7, 11) is 0. The Morgan fingerprint density at radius 3 is 3.08 bits per heavy atom. The Labute approximate surface area is 75.0 Å². The highest BCUT2D eigenvalue weighted by Gasteiger charge is 2.08. The lowest BCUT2D eigenvalue weighted by Gasteiger charge is -2.06. The maximum absolute atomic E-state index is 10.4. The summed E-state index contributed by atoms with van der Waals surface area (Å²) >= 11 is 1.62. The van der Waals surface area contributed by atoms with Crippen LogP contribution in [0.5, 0.6) is 0 Å². The van der Waals surface area contributed by atoms with Gasteiger partial charge < -0.3 is 5.11 Å². The zero-order chi connectivity index (χ0) is 8.97. The number of rotatable bonds is 4. The minimum atomic E-state index is -0.813. The van der Waals surface area contributed by atoms with Crippen LogP contribution in [0.25, 0.3) is 0 Å². The van der Waals surface area contributed by atoms with Gasteiger partial charge in [0, 0.05) is 11.4 Å². The second kappa shape index (κ2) is 4.23. The van der Waals surface area contributed by atoms with Gasteiger partial charge >= 0.3 is 5.97 Å². The summed E-state index contributed by atoms with van der Waals surface area (Å²) in [5.74, 6) is -0.813. The van der Waals surface area contributed by atoms with Gasteiger partial charge in [-0.25, -0.2) is 0 Å². The van der Waals surface area contributed by atoms with Crippen LogP contribution in [0.1, 0.15) is 11.8 Å². The van der Waals surface area contributed by atoms with Gasteiger partial charge in [-0.3, -0.25) is 10.1 Å². The van der Waals surface area contributed by atoms with E-state index in [-0.39, 0.29) is 0 Å². The molecule has 0 amide bonds. The smallest absolute Gasteiger partial charge is 0.320 e. The molecule has 2 N–H and O–H groups in total. The fourth-order valence-corrected chi connectivity index (χ4v) is 1.41. The molecule has 0 radical (unpaired) electrons. The van der Waals surface area contributed by atoms with Crippen molar-refractivity contribution in [2.75, 3.05) is 0 Å². The third kappa shape index (κ3) is 2.64. The first kappa shape index (κ1) is 9.22. The molecule has 0 aliphatic carbocycles. The predicted octanol–water partition coefficient (Wildman–Crippen LogP) is 1.31. The highest BCUT2D eigenvalue weighted by atomic mass is 32.1. The quantitative estimate of drug-likeness (QED) is 0.743. The standard InChI is InChI=1S/C8H11NO2S/c1-6(8(10)11)9-5-7-3-2-4-12-7/h2-4,6,9H,5H2,1H3,(H,10,11). The largest absolute Gasteiger partial charge is 0.480 e. The second-order valence-electron chi connectivity index (χ2n) is 2.52. The molecular weight excluding hydrogens is 174 g/mol. The molecule has 1 atom stereocenters. The number of aliphatic carboxylic acids is 1. The van der Waals surface area contributed by atoms with E-state index in [2.05, 4.69) is 5.32 Å². The molecule has 0 aliphatic heterocycles. The van der Waals surface area contributed by atoms with E-state index in [4.69, 9.17) is 5.11 Å². The van der Waals surface area contributed by atoms with Crippen molar-refractivity contribution in [1.29, 1.82) is 0 Å². The molecule has 0 fully saturated rings. The molecule has 3 nitrogen and oxygen atoms in total. The lowest BCUT2D eigenvalue weighted by atomic mass is 10.3. The molecule has 66 valence electrons. The normalized spacial score (nSPS) is 12.8. The fourth-order valence-electron chi connectivity index (χ4n) is 0.754. The monoisotopic (exact) mass is 185 g/mol. The molecule has 0 saturated heterocycles. The van der Waals surface area contributed by atoms with Crippen molar-refractivity contribution < 1.29 is 9.90 Å². The van der Waals surface area contributed by atoms with Crippen LogP contribution in [-0.2, 0) is 11.3 Å². The lowest BCUT2D eigenvalue weighted by molar-refractivity contribution is -0.139. The Balaban J connectivity index is 2.31. The maximum atomic E-state index is 10.4. The molecule has 1 rings (SSSR count). The van der Waals surface area contributed by atoms with E-state index in [1.54, 1.807) is 18.3 Å². The van der Waals surface area contributed by atoms with Crippen molar-refractivity contribution in [2.24, 2.45) is 0 Å². The zero-order valence-corrected chi connectivity index (χ0v) is 7.60. The van der Waals surface area contributed by atoms with E-state index in [1.165, 1.54) is 0 Å². The predicted molar refractivity (Wildman–Crippen MR) is 48.3 cm³/mol. The molecule has 4 heteroatoms. The molecule has 0 spiro atoms. The molecule has 1 aromatic rings. The summed E-state index contributed by atoms with van der Waals surface area (Å²) in [6, 6.07) is 3.45. The number of carboxylic acid groups (broad SMARTS) is 1. The topological polar surface area (TPSA) is 49.3 Å². The Morgan fingerprint density at radius 2 is 2.58 bits per heavy atom. The first-order valence-electron chi connectivity index (χ1n) is 3.68. The minimum Gasteiger partial charge on any atom is -0.480 e. The lowest BCUT2D eigenvalue weighted by Crippen LogP contribution is -2.32.